The van der Waals surface area contributed by atoms with E-state index in [1.807, 2.05) is 12.1 Å². The SMILES string of the molecule is Fc1cnc2oc(-c3ccccc3Cl)nc2c1. The Balaban J connectivity index is 2.22. The highest BCUT2D eigenvalue weighted by molar-refractivity contribution is 6.33. The Morgan fingerprint density at radius 2 is 2.06 bits per heavy atom. The third-order valence-electron chi connectivity index (χ3n) is 2.32. The molecule has 0 saturated heterocycles. The third-order valence-corrected chi connectivity index (χ3v) is 2.65. The standard InChI is InChI=1S/C12H6ClFN2O/c13-9-4-2-1-3-8(9)11-16-10-5-7(14)6-15-12(10)17-11/h1-6H. The Morgan fingerprint density at radius 1 is 1.24 bits per heavy atom. The van der Waals surface area contributed by atoms with Crippen LogP contribution >= 0.6 is 11.6 Å². The summed E-state index contributed by atoms with van der Waals surface area (Å²) in [7, 11) is 0. The smallest absolute Gasteiger partial charge is 0.247 e. The Labute approximate surface area is 101 Å². The van der Waals surface area contributed by atoms with Crippen LogP contribution in [0.5, 0.6) is 0 Å². The van der Waals surface area contributed by atoms with E-state index in [0.717, 1.165) is 6.20 Å². The number of oxazole rings is 1. The van der Waals surface area contributed by atoms with E-state index in [2.05, 4.69) is 9.97 Å². The number of rotatable bonds is 1. The van der Waals surface area contributed by atoms with E-state index in [1.54, 1.807) is 12.1 Å². The fourth-order valence-electron chi connectivity index (χ4n) is 1.55. The summed E-state index contributed by atoms with van der Waals surface area (Å²) in [6.45, 7) is 0. The maximum Gasteiger partial charge on any atom is 0.247 e. The molecule has 0 spiro atoms. The molecule has 0 bridgehead atoms. The second kappa shape index (κ2) is 3.82. The molecule has 0 N–H and O–H groups in total. The van der Waals surface area contributed by atoms with Gasteiger partial charge in [0, 0.05) is 6.07 Å². The van der Waals surface area contributed by atoms with Crippen LogP contribution in [-0.2, 0) is 0 Å². The van der Waals surface area contributed by atoms with E-state index in [1.165, 1.54) is 6.07 Å². The zero-order valence-corrected chi connectivity index (χ0v) is 9.28. The molecule has 0 amide bonds. The van der Waals surface area contributed by atoms with Crippen LogP contribution in [0.2, 0.25) is 5.02 Å². The van der Waals surface area contributed by atoms with Crippen molar-refractivity contribution in [3.63, 3.8) is 0 Å². The molecule has 5 heteroatoms. The normalized spacial score (nSPS) is 10.9. The van der Waals surface area contributed by atoms with Crippen LogP contribution in [0.4, 0.5) is 4.39 Å². The number of hydrogen-bond donors (Lipinski definition) is 0. The van der Waals surface area contributed by atoms with Gasteiger partial charge in [-0.05, 0) is 12.1 Å². The van der Waals surface area contributed by atoms with Crippen LogP contribution in [0.3, 0.4) is 0 Å². The Kier molecular flexibility index (Phi) is 2.30. The van der Waals surface area contributed by atoms with E-state index in [9.17, 15) is 4.39 Å². The average Bonchev–Trinajstić information content (AvgIpc) is 2.72. The lowest BCUT2D eigenvalue weighted by atomic mass is 10.2. The predicted octanol–water partition coefficient (Wildman–Crippen LogP) is 3.68. The summed E-state index contributed by atoms with van der Waals surface area (Å²) < 4.78 is 18.4. The third kappa shape index (κ3) is 1.76. The van der Waals surface area contributed by atoms with E-state index >= 15 is 0 Å². The topological polar surface area (TPSA) is 38.9 Å². The van der Waals surface area contributed by atoms with Gasteiger partial charge in [0.25, 0.3) is 0 Å². The molecular weight excluding hydrogens is 243 g/mol. The quantitative estimate of drug-likeness (QED) is 0.659. The molecule has 84 valence electrons. The summed E-state index contributed by atoms with van der Waals surface area (Å²) >= 11 is 6.02. The van der Waals surface area contributed by atoms with Crippen LogP contribution in [0.1, 0.15) is 0 Å². The molecule has 2 aromatic heterocycles. The number of nitrogens with zero attached hydrogens (tertiary/aromatic N) is 2. The second-order valence-corrected chi connectivity index (χ2v) is 3.88. The molecule has 3 nitrogen and oxygen atoms in total. The van der Waals surface area contributed by atoms with E-state index in [0.29, 0.717) is 27.7 Å². The lowest BCUT2D eigenvalue weighted by Crippen LogP contribution is -1.78. The first-order valence-electron chi connectivity index (χ1n) is 4.91. The van der Waals surface area contributed by atoms with Gasteiger partial charge in [0.05, 0.1) is 16.8 Å². The van der Waals surface area contributed by atoms with Crippen molar-refractivity contribution in [1.29, 1.82) is 0 Å². The highest BCUT2D eigenvalue weighted by Gasteiger charge is 2.12. The van der Waals surface area contributed by atoms with Crippen LogP contribution in [0.15, 0.2) is 40.9 Å². The summed E-state index contributed by atoms with van der Waals surface area (Å²) in [4.78, 5) is 7.96. The fourth-order valence-corrected chi connectivity index (χ4v) is 1.76. The van der Waals surface area contributed by atoms with Gasteiger partial charge in [-0.2, -0.15) is 0 Å². The molecule has 1 aromatic carbocycles. The van der Waals surface area contributed by atoms with Gasteiger partial charge in [-0.25, -0.2) is 14.4 Å². The molecule has 0 saturated carbocycles. The Bertz CT molecular complexity index is 696. The molecule has 0 fully saturated rings. The summed E-state index contributed by atoms with van der Waals surface area (Å²) in [5, 5.41) is 0.527. The van der Waals surface area contributed by atoms with Gasteiger partial charge in [-0.3, -0.25) is 0 Å². The van der Waals surface area contributed by atoms with Crippen LogP contribution in [0, 0.1) is 5.82 Å². The summed E-state index contributed by atoms with van der Waals surface area (Å²) in [6, 6.07) is 8.42. The van der Waals surface area contributed by atoms with Gasteiger partial charge in [-0.1, -0.05) is 23.7 Å². The molecule has 0 atom stereocenters. The Morgan fingerprint density at radius 3 is 2.88 bits per heavy atom. The number of hydrogen-bond acceptors (Lipinski definition) is 3. The number of halogens is 2. The van der Waals surface area contributed by atoms with E-state index in [-0.39, 0.29) is 0 Å². The maximum atomic E-state index is 13.0. The maximum absolute atomic E-state index is 13.0. The highest BCUT2D eigenvalue weighted by atomic mass is 35.5. The average molecular weight is 249 g/mol. The Hall–Kier alpha value is -1.94. The van der Waals surface area contributed by atoms with Crippen molar-refractivity contribution >= 4 is 22.8 Å². The van der Waals surface area contributed by atoms with Gasteiger partial charge in [0.15, 0.2) is 0 Å². The van der Waals surface area contributed by atoms with Crippen molar-refractivity contribution in [1.82, 2.24) is 9.97 Å². The molecular formula is C12H6ClFN2O. The minimum Gasteiger partial charge on any atom is -0.418 e. The summed E-state index contributed by atoms with van der Waals surface area (Å²) in [5.74, 6) is -0.111. The number of pyridine rings is 1. The zero-order valence-electron chi connectivity index (χ0n) is 8.52. The molecule has 0 aliphatic rings. The molecule has 0 aliphatic heterocycles. The second-order valence-electron chi connectivity index (χ2n) is 3.48. The first-order chi connectivity index (χ1) is 8.24. The van der Waals surface area contributed by atoms with E-state index in [4.69, 9.17) is 16.0 Å². The van der Waals surface area contributed by atoms with Crippen LogP contribution in [-0.4, -0.2) is 9.97 Å². The number of fused-ring (bicyclic) bond motifs is 1. The minimum absolute atomic E-state index is 0.293. The molecule has 3 rings (SSSR count). The molecule has 2 heterocycles. The van der Waals surface area contributed by atoms with Gasteiger partial charge < -0.3 is 4.42 Å². The molecule has 3 aromatic rings. The van der Waals surface area contributed by atoms with Crippen LogP contribution in [0.25, 0.3) is 22.7 Å². The first kappa shape index (κ1) is 10.2. The number of benzene rings is 1. The van der Waals surface area contributed by atoms with Crippen molar-refractivity contribution < 1.29 is 8.81 Å². The largest absolute Gasteiger partial charge is 0.418 e. The first-order valence-corrected chi connectivity index (χ1v) is 5.29. The zero-order chi connectivity index (χ0) is 11.8. The van der Waals surface area contributed by atoms with Crippen molar-refractivity contribution in [2.45, 2.75) is 0 Å². The monoisotopic (exact) mass is 248 g/mol. The summed E-state index contributed by atoms with van der Waals surface area (Å²) in [5.41, 5.74) is 1.33. The van der Waals surface area contributed by atoms with Gasteiger partial charge in [0.1, 0.15) is 11.3 Å². The fraction of sp³-hybridized carbons (Fsp3) is 0. The highest BCUT2D eigenvalue weighted by Crippen LogP contribution is 2.28. The van der Waals surface area contributed by atoms with Gasteiger partial charge in [0.2, 0.25) is 11.6 Å². The molecule has 0 unspecified atom stereocenters. The van der Waals surface area contributed by atoms with Crippen molar-refractivity contribution in [2.24, 2.45) is 0 Å². The minimum atomic E-state index is -0.448. The molecule has 0 radical (unpaired) electrons. The van der Waals surface area contributed by atoms with Crippen molar-refractivity contribution in [3.8, 4) is 11.5 Å². The molecule has 17 heavy (non-hydrogen) atoms. The van der Waals surface area contributed by atoms with E-state index < -0.39 is 5.82 Å². The number of aromatic nitrogens is 2. The van der Waals surface area contributed by atoms with Crippen molar-refractivity contribution in [2.75, 3.05) is 0 Å². The van der Waals surface area contributed by atoms with Crippen molar-refractivity contribution in [3.05, 3.63) is 47.4 Å². The predicted molar refractivity (Wildman–Crippen MR) is 62.2 cm³/mol. The van der Waals surface area contributed by atoms with Crippen LogP contribution < -0.4 is 0 Å². The molecule has 0 aliphatic carbocycles. The van der Waals surface area contributed by atoms with Gasteiger partial charge in [-0.15, -0.1) is 0 Å². The lowest BCUT2D eigenvalue weighted by Gasteiger charge is -1.96. The lowest BCUT2D eigenvalue weighted by molar-refractivity contribution is 0.597. The summed E-state index contributed by atoms with van der Waals surface area (Å²) in [6.07, 6.45) is 1.09. The van der Waals surface area contributed by atoms with Gasteiger partial charge >= 0.3 is 0 Å².